The lowest BCUT2D eigenvalue weighted by molar-refractivity contribution is 0.450. The molecule has 0 bridgehead atoms. The highest BCUT2D eigenvalue weighted by Gasteiger charge is 2.19. The summed E-state index contributed by atoms with van der Waals surface area (Å²) in [6, 6.07) is 0. The van der Waals surface area contributed by atoms with Crippen molar-refractivity contribution in [2.24, 2.45) is 5.92 Å². The van der Waals surface area contributed by atoms with Gasteiger partial charge in [-0.25, -0.2) is 0 Å². The minimum absolute atomic E-state index is 0.978. The normalized spacial score (nSPS) is 17.9. The van der Waals surface area contributed by atoms with Crippen LogP contribution in [0.4, 0.5) is 0 Å². The van der Waals surface area contributed by atoms with E-state index < -0.39 is 0 Å². The molecule has 1 aromatic heterocycles. The number of fused-ring (bicyclic) bond motifs is 1. The van der Waals surface area contributed by atoms with Crippen molar-refractivity contribution in [2.45, 2.75) is 52.9 Å². The van der Waals surface area contributed by atoms with Crippen molar-refractivity contribution in [1.29, 1.82) is 0 Å². The van der Waals surface area contributed by atoms with Gasteiger partial charge in [0.1, 0.15) is 0 Å². The molecule has 0 nitrogen and oxygen atoms in total. The van der Waals surface area contributed by atoms with E-state index in [0.717, 1.165) is 5.92 Å². The Morgan fingerprint density at radius 2 is 1.57 bits per heavy atom. The molecule has 0 amide bonds. The molecular weight excluding hydrogens is 188 g/mol. The number of rotatable bonds is 1. The molecule has 0 N–H and O–H groups in total. The van der Waals surface area contributed by atoms with Crippen molar-refractivity contribution < 1.29 is 0 Å². The predicted molar refractivity (Wildman–Crippen MR) is 64.2 cm³/mol. The minimum Gasteiger partial charge on any atom is -0.145 e. The summed E-state index contributed by atoms with van der Waals surface area (Å²) < 4.78 is 0. The molecule has 1 heterocycles. The van der Waals surface area contributed by atoms with Crippen LogP contribution < -0.4 is 0 Å². The fourth-order valence-electron chi connectivity index (χ4n) is 2.68. The third-order valence-corrected chi connectivity index (χ3v) is 4.81. The molecule has 0 aliphatic heterocycles. The summed E-state index contributed by atoms with van der Waals surface area (Å²) in [6.45, 7) is 6.93. The molecule has 0 atom stereocenters. The van der Waals surface area contributed by atoms with E-state index >= 15 is 0 Å². The summed E-state index contributed by atoms with van der Waals surface area (Å²) in [5, 5.41) is 0. The highest BCUT2D eigenvalue weighted by molar-refractivity contribution is 7.12. The first kappa shape index (κ1) is 10.2. The van der Waals surface area contributed by atoms with Gasteiger partial charge in [0, 0.05) is 9.75 Å². The van der Waals surface area contributed by atoms with Gasteiger partial charge in [0.05, 0.1) is 0 Å². The lowest BCUT2D eigenvalue weighted by Crippen LogP contribution is -1.98. The fourth-order valence-corrected chi connectivity index (χ4v) is 3.84. The maximum absolute atomic E-state index is 2.34. The van der Waals surface area contributed by atoms with Gasteiger partial charge in [0.25, 0.3) is 0 Å². The Morgan fingerprint density at radius 1 is 1.07 bits per heavy atom. The second-order valence-electron chi connectivity index (χ2n) is 4.52. The van der Waals surface area contributed by atoms with E-state index in [1.165, 1.54) is 32.1 Å². The summed E-state index contributed by atoms with van der Waals surface area (Å²) in [7, 11) is 0. The molecule has 0 saturated carbocycles. The first-order valence-corrected chi connectivity index (χ1v) is 6.61. The first-order chi connectivity index (χ1) is 6.72. The van der Waals surface area contributed by atoms with E-state index in [2.05, 4.69) is 20.8 Å². The highest BCUT2D eigenvalue weighted by Crippen LogP contribution is 2.34. The smallest absolute Gasteiger partial charge is 0.00518 e. The predicted octanol–water partition coefficient (Wildman–Crippen LogP) is 4.27. The van der Waals surface area contributed by atoms with Gasteiger partial charge in [-0.2, -0.15) is 0 Å². The van der Waals surface area contributed by atoms with Crippen LogP contribution >= 0.6 is 11.3 Å². The molecule has 1 heteroatoms. The third kappa shape index (κ3) is 1.75. The van der Waals surface area contributed by atoms with Gasteiger partial charge >= 0.3 is 0 Å². The van der Waals surface area contributed by atoms with Gasteiger partial charge in [0.15, 0.2) is 0 Å². The Labute approximate surface area is 91.4 Å². The van der Waals surface area contributed by atoms with Gasteiger partial charge in [-0.1, -0.05) is 13.3 Å². The maximum atomic E-state index is 2.34. The third-order valence-electron chi connectivity index (χ3n) is 3.70. The number of aryl methyl sites for hydroxylation is 2. The molecule has 78 valence electrons. The van der Waals surface area contributed by atoms with Crippen LogP contribution in [0.3, 0.4) is 0 Å². The average Bonchev–Trinajstić information content (AvgIpc) is 2.40. The van der Waals surface area contributed by atoms with Crippen LogP contribution in [-0.2, 0) is 12.8 Å². The van der Waals surface area contributed by atoms with E-state index in [0.29, 0.717) is 0 Å². The lowest BCUT2D eigenvalue weighted by Gasteiger charge is -2.09. The monoisotopic (exact) mass is 208 g/mol. The van der Waals surface area contributed by atoms with E-state index in [9.17, 15) is 0 Å². The Balaban J connectivity index is 2.26. The molecule has 1 aliphatic rings. The van der Waals surface area contributed by atoms with Crippen molar-refractivity contribution in [3.05, 3.63) is 20.9 Å². The fraction of sp³-hybridized carbons (Fsp3) is 0.692. The van der Waals surface area contributed by atoms with E-state index in [4.69, 9.17) is 0 Å². The van der Waals surface area contributed by atoms with Crippen LogP contribution in [0.5, 0.6) is 0 Å². The zero-order valence-electron chi connectivity index (χ0n) is 9.52. The Bertz CT molecular complexity index is 294. The molecule has 0 aromatic carbocycles. The van der Waals surface area contributed by atoms with Crippen molar-refractivity contribution in [3.8, 4) is 0 Å². The molecule has 0 unspecified atom stereocenters. The number of thiophene rings is 1. The highest BCUT2D eigenvalue weighted by atomic mass is 32.1. The number of hydrogen-bond donors (Lipinski definition) is 0. The van der Waals surface area contributed by atoms with Gasteiger partial charge in [-0.3, -0.25) is 0 Å². The molecule has 0 spiro atoms. The Hall–Kier alpha value is -0.300. The zero-order valence-corrected chi connectivity index (χ0v) is 10.3. The van der Waals surface area contributed by atoms with Gasteiger partial charge in [0.2, 0.25) is 0 Å². The van der Waals surface area contributed by atoms with Crippen LogP contribution in [0.2, 0.25) is 0 Å². The van der Waals surface area contributed by atoms with Gasteiger partial charge in [-0.05, 0) is 56.6 Å². The van der Waals surface area contributed by atoms with Gasteiger partial charge in [-0.15, -0.1) is 11.3 Å². The summed E-state index contributed by atoms with van der Waals surface area (Å²) in [4.78, 5) is 3.16. The molecule has 2 rings (SSSR count). The van der Waals surface area contributed by atoms with Crippen LogP contribution in [0, 0.1) is 19.8 Å². The number of hydrogen-bond acceptors (Lipinski definition) is 1. The molecule has 1 aromatic rings. The zero-order chi connectivity index (χ0) is 10.1. The largest absolute Gasteiger partial charge is 0.145 e. The molecule has 1 aliphatic carbocycles. The summed E-state index contributed by atoms with van der Waals surface area (Å²) in [6.07, 6.45) is 6.88. The minimum atomic E-state index is 0.978. The second-order valence-corrected chi connectivity index (χ2v) is 5.95. The van der Waals surface area contributed by atoms with E-state index in [-0.39, 0.29) is 0 Å². The molecule has 0 saturated heterocycles. The summed E-state index contributed by atoms with van der Waals surface area (Å²) in [5.41, 5.74) is 3.40. The van der Waals surface area contributed by atoms with E-state index in [1.807, 2.05) is 11.3 Å². The van der Waals surface area contributed by atoms with E-state index in [1.54, 1.807) is 20.9 Å². The quantitative estimate of drug-likeness (QED) is 0.605. The summed E-state index contributed by atoms with van der Waals surface area (Å²) in [5.74, 6) is 0.978. The van der Waals surface area contributed by atoms with Crippen molar-refractivity contribution in [2.75, 3.05) is 0 Å². The van der Waals surface area contributed by atoms with Gasteiger partial charge < -0.3 is 0 Å². The van der Waals surface area contributed by atoms with Crippen LogP contribution in [0.25, 0.3) is 0 Å². The van der Waals surface area contributed by atoms with Crippen molar-refractivity contribution in [1.82, 2.24) is 0 Å². The molecule has 0 radical (unpaired) electrons. The van der Waals surface area contributed by atoms with Crippen LogP contribution in [-0.4, -0.2) is 0 Å². The van der Waals surface area contributed by atoms with Crippen molar-refractivity contribution >= 4 is 11.3 Å². The lowest BCUT2D eigenvalue weighted by atomic mass is 9.97. The standard InChI is InChI=1S/C13H20S/c1-4-11-5-7-12-9(2)14-10(3)13(12)8-6-11/h11H,4-8H2,1-3H3. The Morgan fingerprint density at radius 3 is 2.00 bits per heavy atom. The van der Waals surface area contributed by atoms with Crippen LogP contribution in [0.1, 0.15) is 47.1 Å². The average molecular weight is 208 g/mol. The molecular formula is C13H20S. The summed E-state index contributed by atoms with van der Waals surface area (Å²) >= 11 is 2.00. The second kappa shape index (κ2) is 4.06. The molecule has 14 heavy (non-hydrogen) atoms. The maximum Gasteiger partial charge on any atom is 0.00518 e. The van der Waals surface area contributed by atoms with Crippen LogP contribution in [0.15, 0.2) is 0 Å². The molecule has 0 fully saturated rings. The topological polar surface area (TPSA) is 0 Å². The van der Waals surface area contributed by atoms with Crippen molar-refractivity contribution in [3.63, 3.8) is 0 Å². The Kier molecular flexibility index (Phi) is 2.96. The SMILES string of the molecule is CCC1CCc2c(C)sc(C)c2CC1. The first-order valence-electron chi connectivity index (χ1n) is 5.80.